The summed E-state index contributed by atoms with van der Waals surface area (Å²) >= 11 is 0. The first kappa shape index (κ1) is 14.3. The largest absolute Gasteiger partial charge is 0.493 e. The summed E-state index contributed by atoms with van der Waals surface area (Å²) in [4.78, 5) is 4.83. The monoisotopic (exact) mass is 266 g/mol. The zero-order valence-corrected chi connectivity index (χ0v) is 11.9. The summed E-state index contributed by atoms with van der Waals surface area (Å²) < 4.78 is 18.7. The molecule has 1 saturated heterocycles. The Morgan fingerprint density at radius 3 is 2.63 bits per heavy atom. The van der Waals surface area contributed by atoms with Gasteiger partial charge in [-0.3, -0.25) is 0 Å². The number of likely N-dealkylation sites (N-methyl/N-ethyl adjacent to an activating group) is 1. The van der Waals surface area contributed by atoms with Crippen molar-refractivity contribution in [2.24, 2.45) is 0 Å². The van der Waals surface area contributed by atoms with Gasteiger partial charge >= 0.3 is 0 Å². The summed E-state index contributed by atoms with van der Waals surface area (Å²) in [6.45, 7) is 5.63. The Labute approximate surface area is 115 Å². The quantitative estimate of drug-likeness (QED) is 0.811. The Hall–Kier alpha value is -1.13. The van der Waals surface area contributed by atoms with E-state index in [0.717, 1.165) is 51.1 Å². The van der Waals surface area contributed by atoms with Crippen molar-refractivity contribution in [1.82, 2.24) is 9.80 Å². The molecular weight excluding hydrogens is 243 g/mol. The van der Waals surface area contributed by atoms with E-state index in [2.05, 4.69) is 16.8 Å². The van der Waals surface area contributed by atoms with Crippen molar-refractivity contribution in [3.8, 4) is 5.75 Å². The highest BCUT2D eigenvalue weighted by Crippen LogP contribution is 2.23. The molecule has 0 saturated carbocycles. The molecule has 1 aliphatic heterocycles. The van der Waals surface area contributed by atoms with Gasteiger partial charge in [0.15, 0.2) is 11.6 Å². The summed E-state index contributed by atoms with van der Waals surface area (Å²) in [5.41, 5.74) is 0.969. The highest BCUT2D eigenvalue weighted by Gasteiger charge is 2.14. The second-order valence-corrected chi connectivity index (χ2v) is 5.18. The van der Waals surface area contributed by atoms with Crippen molar-refractivity contribution in [2.45, 2.75) is 12.8 Å². The summed E-state index contributed by atoms with van der Waals surface area (Å²) in [6.07, 6.45) is 1.91. The molecule has 19 heavy (non-hydrogen) atoms. The molecule has 0 atom stereocenters. The average Bonchev–Trinajstić information content (AvgIpc) is 2.41. The number of para-hydroxylation sites is 1. The molecule has 2 rings (SSSR count). The predicted octanol–water partition coefficient (Wildman–Crippen LogP) is 2.01. The van der Waals surface area contributed by atoms with Crippen molar-refractivity contribution >= 4 is 0 Å². The van der Waals surface area contributed by atoms with Crippen LogP contribution in [0.4, 0.5) is 4.39 Å². The molecule has 3 nitrogen and oxygen atoms in total. The van der Waals surface area contributed by atoms with Crippen LogP contribution in [0.3, 0.4) is 0 Å². The summed E-state index contributed by atoms with van der Waals surface area (Å²) in [5.74, 6) is 0.139. The predicted molar refractivity (Wildman–Crippen MR) is 75.2 cm³/mol. The smallest absolute Gasteiger partial charge is 0.165 e. The van der Waals surface area contributed by atoms with Gasteiger partial charge in [-0.25, -0.2) is 4.39 Å². The molecule has 4 heteroatoms. The van der Waals surface area contributed by atoms with Crippen molar-refractivity contribution in [2.75, 3.05) is 46.9 Å². The average molecular weight is 266 g/mol. The Morgan fingerprint density at radius 1 is 1.21 bits per heavy atom. The van der Waals surface area contributed by atoms with Crippen LogP contribution >= 0.6 is 0 Å². The van der Waals surface area contributed by atoms with E-state index in [-0.39, 0.29) is 5.82 Å². The molecule has 1 aromatic carbocycles. The first-order valence-corrected chi connectivity index (χ1v) is 6.93. The van der Waals surface area contributed by atoms with Crippen LogP contribution in [0.25, 0.3) is 0 Å². The van der Waals surface area contributed by atoms with Gasteiger partial charge in [-0.1, -0.05) is 12.1 Å². The molecule has 1 fully saturated rings. The minimum atomic E-state index is -0.264. The SMILES string of the molecule is COc1c(F)cccc1CCCN1CCN(C)CC1. The molecule has 0 aromatic heterocycles. The lowest BCUT2D eigenvalue weighted by Crippen LogP contribution is -2.44. The summed E-state index contributed by atoms with van der Waals surface area (Å²) in [5, 5.41) is 0. The Kier molecular flexibility index (Phi) is 5.16. The second-order valence-electron chi connectivity index (χ2n) is 5.18. The van der Waals surface area contributed by atoms with Crippen LogP contribution in [0.5, 0.6) is 5.75 Å². The third-order valence-corrected chi connectivity index (χ3v) is 3.77. The number of rotatable bonds is 5. The van der Waals surface area contributed by atoms with Crippen LogP contribution in [0.15, 0.2) is 18.2 Å². The Bertz CT molecular complexity index is 403. The number of hydrogen-bond acceptors (Lipinski definition) is 3. The first-order valence-electron chi connectivity index (χ1n) is 6.93. The molecule has 1 aliphatic rings. The number of halogens is 1. The molecule has 0 N–H and O–H groups in total. The minimum Gasteiger partial charge on any atom is -0.493 e. The molecule has 0 spiro atoms. The number of benzene rings is 1. The van der Waals surface area contributed by atoms with Crippen LogP contribution in [0.1, 0.15) is 12.0 Å². The lowest BCUT2D eigenvalue weighted by molar-refractivity contribution is 0.153. The fourth-order valence-corrected chi connectivity index (χ4v) is 2.54. The van der Waals surface area contributed by atoms with Gasteiger partial charge in [-0.05, 0) is 38.1 Å². The maximum absolute atomic E-state index is 13.5. The fourth-order valence-electron chi connectivity index (χ4n) is 2.54. The molecular formula is C15H23FN2O. The van der Waals surface area contributed by atoms with Crippen molar-refractivity contribution in [3.63, 3.8) is 0 Å². The lowest BCUT2D eigenvalue weighted by Gasteiger charge is -2.32. The van der Waals surface area contributed by atoms with Gasteiger partial charge in [0.25, 0.3) is 0 Å². The second kappa shape index (κ2) is 6.87. The standard InChI is InChI=1S/C15H23FN2O/c1-17-9-11-18(12-10-17)8-4-6-13-5-3-7-14(16)15(13)19-2/h3,5,7H,4,6,8-12H2,1-2H3. The lowest BCUT2D eigenvalue weighted by atomic mass is 10.1. The number of nitrogens with zero attached hydrogens (tertiary/aromatic N) is 2. The molecule has 1 heterocycles. The van der Waals surface area contributed by atoms with Crippen molar-refractivity contribution in [1.29, 1.82) is 0 Å². The minimum absolute atomic E-state index is 0.264. The normalized spacial score (nSPS) is 17.6. The maximum Gasteiger partial charge on any atom is 0.165 e. The topological polar surface area (TPSA) is 15.7 Å². The molecule has 0 amide bonds. The molecule has 0 bridgehead atoms. The number of hydrogen-bond donors (Lipinski definition) is 0. The van der Waals surface area contributed by atoms with Crippen LogP contribution in [0, 0.1) is 5.82 Å². The van der Waals surface area contributed by atoms with Crippen LogP contribution in [0.2, 0.25) is 0 Å². The molecule has 0 aliphatic carbocycles. The first-order chi connectivity index (χ1) is 9.20. The molecule has 106 valence electrons. The van der Waals surface area contributed by atoms with Crippen molar-refractivity contribution in [3.05, 3.63) is 29.6 Å². The summed E-state index contributed by atoms with van der Waals surface area (Å²) in [6, 6.07) is 5.15. The maximum atomic E-state index is 13.5. The van der Waals surface area contributed by atoms with Crippen LogP contribution in [-0.2, 0) is 6.42 Å². The third-order valence-electron chi connectivity index (χ3n) is 3.77. The van der Waals surface area contributed by atoms with Gasteiger partial charge in [0.1, 0.15) is 0 Å². The Morgan fingerprint density at radius 2 is 1.95 bits per heavy atom. The van der Waals surface area contributed by atoms with E-state index in [1.165, 1.54) is 13.2 Å². The van der Waals surface area contributed by atoms with E-state index in [9.17, 15) is 4.39 Å². The van der Waals surface area contributed by atoms with Gasteiger partial charge in [-0.2, -0.15) is 0 Å². The number of methoxy groups -OCH3 is 1. The van der Waals surface area contributed by atoms with E-state index >= 15 is 0 Å². The zero-order chi connectivity index (χ0) is 13.7. The van der Waals surface area contributed by atoms with Crippen molar-refractivity contribution < 1.29 is 9.13 Å². The number of piperazine rings is 1. The van der Waals surface area contributed by atoms with Gasteiger partial charge in [0, 0.05) is 26.2 Å². The molecule has 1 aromatic rings. The van der Waals surface area contributed by atoms with Crippen LogP contribution < -0.4 is 4.74 Å². The van der Waals surface area contributed by atoms with Gasteiger partial charge in [0.2, 0.25) is 0 Å². The van der Waals surface area contributed by atoms with E-state index in [4.69, 9.17) is 4.74 Å². The van der Waals surface area contributed by atoms with E-state index in [1.807, 2.05) is 6.07 Å². The zero-order valence-electron chi connectivity index (χ0n) is 11.9. The molecule has 0 unspecified atom stereocenters. The van der Waals surface area contributed by atoms with Gasteiger partial charge in [0.05, 0.1) is 7.11 Å². The highest BCUT2D eigenvalue weighted by atomic mass is 19.1. The number of ether oxygens (including phenoxy) is 1. The third kappa shape index (κ3) is 3.91. The van der Waals surface area contributed by atoms with E-state index in [0.29, 0.717) is 5.75 Å². The van der Waals surface area contributed by atoms with Gasteiger partial charge in [-0.15, -0.1) is 0 Å². The van der Waals surface area contributed by atoms with Crippen LogP contribution in [-0.4, -0.2) is 56.7 Å². The fraction of sp³-hybridized carbons (Fsp3) is 0.600. The van der Waals surface area contributed by atoms with E-state index < -0.39 is 0 Å². The highest BCUT2D eigenvalue weighted by molar-refractivity contribution is 5.34. The molecule has 0 radical (unpaired) electrons. The Balaban J connectivity index is 1.81. The van der Waals surface area contributed by atoms with Gasteiger partial charge < -0.3 is 14.5 Å². The summed E-state index contributed by atoms with van der Waals surface area (Å²) in [7, 11) is 3.69. The van der Waals surface area contributed by atoms with E-state index in [1.54, 1.807) is 6.07 Å². The number of aryl methyl sites for hydroxylation is 1.